The average Bonchev–Trinajstić information content (AvgIpc) is 2.48. The average molecular weight is 277 g/mol. The van der Waals surface area contributed by atoms with Gasteiger partial charge in [-0.2, -0.15) is 0 Å². The number of benzene rings is 1. The van der Waals surface area contributed by atoms with Gasteiger partial charge in [-0.1, -0.05) is 12.1 Å². The van der Waals surface area contributed by atoms with E-state index < -0.39 is 0 Å². The summed E-state index contributed by atoms with van der Waals surface area (Å²) < 4.78 is 11.0. The van der Waals surface area contributed by atoms with E-state index in [2.05, 4.69) is 4.90 Å². The van der Waals surface area contributed by atoms with Crippen LogP contribution in [0.5, 0.6) is 5.75 Å². The number of carbonyl (C=O) groups is 1. The molecular weight excluding hydrogens is 254 g/mol. The van der Waals surface area contributed by atoms with E-state index in [9.17, 15) is 4.79 Å². The largest absolute Gasteiger partial charge is 0.493 e. The second-order valence-corrected chi connectivity index (χ2v) is 5.06. The number of para-hydroxylation sites is 1. The Morgan fingerprint density at radius 2 is 2.00 bits per heavy atom. The highest BCUT2D eigenvalue weighted by atomic mass is 16.5. The first kappa shape index (κ1) is 15.0. The quantitative estimate of drug-likeness (QED) is 0.566. The van der Waals surface area contributed by atoms with Crippen molar-refractivity contribution in [1.82, 2.24) is 4.90 Å². The standard InChI is InChI=1S/C16H23NO3/c1-14(18)15-6-2-3-7-16(15)20-11-5-4-8-17-9-12-19-13-10-17/h2-3,6-7H,4-5,8-13H2,1H3. The molecule has 4 heteroatoms. The second kappa shape index (κ2) is 8.02. The number of rotatable bonds is 7. The Kier molecular flexibility index (Phi) is 6.02. The second-order valence-electron chi connectivity index (χ2n) is 5.06. The van der Waals surface area contributed by atoms with Gasteiger partial charge < -0.3 is 9.47 Å². The Hall–Kier alpha value is -1.39. The molecule has 1 aromatic carbocycles. The molecule has 0 amide bonds. The predicted molar refractivity (Wildman–Crippen MR) is 78.4 cm³/mol. The molecule has 0 bridgehead atoms. The van der Waals surface area contributed by atoms with Crippen LogP contribution in [-0.2, 0) is 4.74 Å². The molecule has 0 saturated carbocycles. The molecule has 110 valence electrons. The minimum Gasteiger partial charge on any atom is -0.493 e. The van der Waals surface area contributed by atoms with E-state index >= 15 is 0 Å². The van der Waals surface area contributed by atoms with Crippen LogP contribution in [0.4, 0.5) is 0 Å². The molecule has 0 radical (unpaired) electrons. The van der Waals surface area contributed by atoms with Crippen LogP contribution < -0.4 is 4.74 Å². The van der Waals surface area contributed by atoms with Crippen LogP contribution in [-0.4, -0.2) is 50.1 Å². The fraction of sp³-hybridized carbons (Fsp3) is 0.562. The molecule has 0 atom stereocenters. The van der Waals surface area contributed by atoms with Crippen molar-refractivity contribution in [1.29, 1.82) is 0 Å². The van der Waals surface area contributed by atoms with Gasteiger partial charge in [0, 0.05) is 13.1 Å². The van der Waals surface area contributed by atoms with Gasteiger partial charge in [-0.25, -0.2) is 0 Å². The normalized spacial score (nSPS) is 16.1. The number of Topliss-reactive ketones (excluding diaryl/α,β-unsaturated/α-hetero) is 1. The summed E-state index contributed by atoms with van der Waals surface area (Å²) in [5.74, 6) is 0.750. The smallest absolute Gasteiger partial charge is 0.163 e. The topological polar surface area (TPSA) is 38.8 Å². The summed E-state index contributed by atoms with van der Waals surface area (Å²) in [4.78, 5) is 13.9. The lowest BCUT2D eigenvalue weighted by atomic mass is 10.1. The number of nitrogens with zero attached hydrogens (tertiary/aromatic N) is 1. The highest BCUT2D eigenvalue weighted by Gasteiger charge is 2.10. The maximum atomic E-state index is 11.5. The number of morpholine rings is 1. The fourth-order valence-corrected chi connectivity index (χ4v) is 2.33. The van der Waals surface area contributed by atoms with Crippen LogP contribution in [0, 0.1) is 0 Å². The first-order chi connectivity index (χ1) is 9.77. The summed E-state index contributed by atoms with van der Waals surface area (Å²) in [6.07, 6.45) is 2.12. The van der Waals surface area contributed by atoms with E-state index in [0.717, 1.165) is 45.7 Å². The summed E-state index contributed by atoms with van der Waals surface area (Å²) in [6.45, 7) is 7.10. The van der Waals surface area contributed by atoms with Crippen molar-refractivity contribution in [2.24, 2.45) is 0 Å². The van der Waals surface area contributed by atoms with Crippen LogP contribution in [0.1, 0.15) is 30.1 Å². The van der Waals surface area contributed by atoms with Crippen molar-refractivity contribution in [3.63, 3.8) is 0 Å². The van der Waals surface area contributed by atoms with Crippen LogP contribution in [0.15, 0.2) is 24.3 Å². The van der Waals surface area contributed by atoms with E-state index in [1.807, 2.05) is 24.3 Å². The highest BCUT2D eigenvalue weighted by molar-refractivity contribution is 5.96. The van der Waals surface area contributed by atoms with E-state index in [1.165, 1.54) is 0 Å². The zero-order valence-corrected chi connectivity index (χ0v) is 12.1. The molecule has 0 aliphatic carbocycles. The lowest BCUT2D eigenvalue weighted by molar-refractivity contribution is 0.0368. The van der Waals surface area contributed by atoms with Gasteiger partial charge in [-0.3, -0.25) is 9.69 Å². The zero-order valence-electron chi connectivity index (χ0n) is 12.1. The van der Waals surface area contributed by atoms with Crippen LogP contribution >= 0.6 is 0 Å². The summed E-state index contributed by atoms with van der Waals surface area (Å²) in [7, 11) is 0. The molecule has 1 fully saturated rings. The van der Waals surface area contributed by atoms with Gasteiger partial charge in [0.1, 0.15) is 5.75 Å². The molecule has 0 aromatic heterocycles. The Morgan fingerprint density at radius 3 is 2.75 bits per heavy atom. The number of hydrogen-bond acceptors (Lipinski definition) is 4. The first-order valence-corrected chi connectivity index (χ1v) is 7.30. The zero-order chi connectivity index (χ0) is 14.2. The maximum absolute atomic E-state index is 11.5. The third-order valence-corrected chi connectivity index (χ3v) is 3.50. The van der Waals surface area contributed by atoms with Crippen molar-refractivity contribution in [2.75, 3.05) is 39.5 Å². The number of carbonyl (C=O) groups excluding carboxylic acids is 1. The van der Waals surface area contributed by atoms with Gasteiger partial charge in [-0.05, 0) is 38.4 Å². The van der Waals surface area contributed by atoms with Crippen LogP contribution in [0.2, 0.25) is 0 Å². The minimum absolute atomic E-state index is 0.0499. The van der Waals surface area contributed by atoms with Gasteiger partial charge in [-0.15, -0.1) is 0 Å². The number of ketones is 1. The fourth-order valence-electron chi connectivity index (χ4n) is 2.33. The molecular formula is C16H23NO3. The monoisotopic (exact) mass is 277 g/mol. The Bertz CT molecular complexity index is 427. The molecule has 4 nitrogen and oxygen atoms in total. The summed E-state index contributed by atoms with van der Waals surface area (Å²) in [5.41, 5.74) is 0.667. The van der Waals surface area contributed by atoms with E-state index in [0.29, 0.717) is 17.9 Å². The molecule has 2 rings (SSSR count). The minimum atomic E-state index is 0.0499. The van der Waals surface area contributed by atoms with Crippen LogP contribution in [0.3, 0.4) is 0 Å². The van der Waals surface area contributed by atoms with Gasteiger partial charge in [0.05, 0.1) is 25.4 Å². The van der Waals surface area contributed by atoms with Crippen molar-refractivity contribution in [3.05, 3.63) is 29.8 Å². The lowest BCUT2D eigenvalue weighted by Crippen LogP contribution is -2.36. The molecule has 0 unspecified atom stereocenters. The SMILES string of the molecule is CC(=O)c1ccccc1OCCCCN1CCOCC1. The van der Waals surface area contributed by atoms with Crippen molar-refractivity contribution < 1.29 is 14.3 Å². The van der Waals surface area contributed by atoms with Gasteiger partial charge in [0.25, 0.3) is 0 Å². The van der Waals surface area contributed by atoms with Crippen LogP contribution in [0.25, 0.3) is 0 Å². The predicted octanol–water partition coefficient (Wildman–Crippen LogP) is 2.38. The van der Waals surface area contributed by atoms with Crippen molar-refractivity contribution >= 4 is 5.78 Å². The summed E-state index contributed by atoms with van der Waals surface area (Å²) in [6, 6.07) is 7.43. The Balaban J connectivity index is 1.67. The van der Waals surface area contributed by atoms with Crippen molar-refractivity contribution in [2.45, 2.75) is 19.8 Å². The molecule has 1 aliphatic heterocycles. The number of unbranched alkanes of at least 4 members (excludes halogenated alkanes) is 1. The number of hydrogen-bond donors (Lipinski definition) is 0. The maximum Gasteiger partial charge on any atom is 0.163 e. The highest BCUT2D eigenvalue weighted by Crippen LogP contribution is 2.18. The number of ether oxygens (including phenoxy) is 2. The van der Waals surface area contributed by atoms with Gasteiger partial charge >= 0.3 is 0 Å². The first-order valence-electron chi connectivity index (χ1n) is 7.30. The molecule has 20 heavy (non-hydrogen) atoms. The van der Waals surface area contributed by atoms with Crippen molar-refractivity contribution in [3.8, 4) is 5.75 Å². The Labute approximate surface area is 120 Å². The van der Waals surface area contributed by atoms with Gasteiger partial charge in [0.15, 0.2) is 5.78 Å². The Morgan fingerprint density at radius 1 is 1.25 bits per heavy atom. The summed E-state index contributed by atoms with van der Waals surface area (Å²) in [5, 5.41) is 0. The molecule has 1 heterocycles. The molecule has 1 saturated heterocycles. The molecule has 1 aromatic rings. The molecule has 1 aliphatic rings. The molecule has 0 spiro atoms. The van der Waals surface area contributed by atoms with E-state index in [-0.39, 0.29) is 5.78 Å². The third kappa shape index (κ3) is 4.62. The van der Waals surface area contributed by atoms with Gasteiger partial charge in [0.2, 0.25) is 0 Å². The lowest BCUT2D eigenvalue weighted by Gasteiger charge is -2.26. The van der Waals surface area contributed by atoms with E-state index in [4.69, 9.17) is 9.47 Å². The third-order valence-electron chi connectivity index (χ3n) is 3.50. The molecule has 0 N–H and O–H groups in total. The van der Waals surface area contributed by atoms with E-state index in [1.54, 1.807) is 6.92 Å². The summed E-state index contributed by atoms with van der Waals surface area (Å²) >= 11 is 0.